The van der Waals surface area contributed by atoms with E-state index in [1.54, 1.807) is 12.3 Å². The SMILES string of the molecule is C=C/N=C\C(=C(\S)C=C)C(C)C. The standard InChI is InChI=1S/C10H15NS/c1-5-10(12)9(8(3)4)7-11-6-2/h5-8,12H,1-2H2,3-4H3/b10-9-,11-7-. The smallest absolute Gasteiger partial charge is 0.0313 e. The van der Waals surface area contributed by atoms with Crippen molar-refractivity contribution < 1.29 is 0 Å². The molecule has 0 aliphatic rings. The molecule has 12 heavy (non-hydrogen) atoms. The molecule has 0 rings (SSSR count). The van der Waals surface area contributed by atoms with Crippen molar-refractivity contribution in [2.45, 2.75) is 13.8 Å². The van der Waals surface area contributed by atoms with Crippen LogP contribution in [0.25, 0.3) is 0 Å². The van der Waals surface area contributed by atoms with Crippen LogP contribution in [-0.2, 0) is 0 Å². The van der Waals surface area contributed by atoms with E-state index in [1.807, 2.05) is 0 Å². The molecule has 0 aliphatic carbocycles. The number of nitrogens with zero attached hydrogens (tertiary/aromatic N) is 1. The molecule has 0 aromatic rings. The Morgan fingerprint density at radius 3 is 2.33 bits per heavy atom. The second-order valence-electron chi connectivity index (χ2n) is 2.66. The number of aliphatic imine (C=N–C) groups is 1. The minimum absolute atomic E-state index is 0.402. The van der Waals surface area contributed by atoms with Crippen molar-refractivity contribution in [3.05, 3.63) is 35.9 Å². The minimum Gasteiger partial charge on any atom is -0.265 e. The van der Waals surface area contributed by atoms with Crippen LogP contribution in [0, 0.1) is 5.92 Å². The summed E-state index contributed by atoms with van der Waals surface area (Å²) in [7, 11) is 0. The van der Waals surface area contributed by atoms with Gasteiger partial charge in [0, 0.05) is 17.3 Å². The molecule has 0 saturated carbocycles. The van der Waals surface area contributed by atoms with Crippen molar-refractivity contribution in [1.82, 2.24) is 0 Å². The van der Waals surface area contributed by atoms with Crippen LogP contribution in [0.5, 0.6) is 0 Å². The highest BCUT2D eigenvalue weighted by Gasteiger charge is 2.02. The van der Waals surface area contributed by atoms with Gasteiger partial charge in [-0.1, -0.05) is 33.1 Å². The highest BCUT2D eigenvalue weighted by atomic mass is 32.1. The predicted molar refractivity (Wildman–Crippen MR) is 59.7 cm³/mol. The van der Waals surface area contributed by atoms with Crippen LogP contribution in [0.3, 0.4) is 0 Å². The summed E-state index contributed by atoms with van der Waals surface area (Å²) in [5.41, 5.74) is 1.08. The summed E-state index contributed by atoms with van der Waals surface area (Å²) in [6.07, 6.45) is 4.99. The lowest BCUT2D eigenvalue weighted by molar-refractivity contribution is 0.805. The zero-order valence-corrected chi connectivity index (χ0v) is 8.51. The van der Waals surface area contributed by atoms with E-state index in [-0.39, 0.29) is 0 Å². The summed E-state index contributed by atoms with van der Waals surface area (Å²) in [5.74, 6) is 0.402. The van der Waals surface area contributed by atoms with Crippen molar-refractivity contribution in [1.29, 1.82) is 0 Å². The van der Waals surface area contributed by atoms with Gasteiger partial charge in [0.15, 0.2) is 0 Å². The lowest BCUT2D eigenvalue weighted by Crippen LogP contribution is -1.96. The Kier molecular flexibility index (Phi) is 5.47. The van der Waals surface area contributed by atoms with Gasteiger partial charge in [-0.3, -0.25) is 4.99 Å². The molecule has 0 aromatic heterocycles. The summed E-state index contributed by atoms with van der Waals surface area (Å²) >= 11 is 4.27. The molecule has 0 heterocycles. The van der Waals surface area contributed by atoms with E-state index < -0.39 is 0 Å². The predicted octanol–water partition coefficient (Wildman–Crippen LogP) is 3.23. The van der Waals surface area contributed by atoms with Gasteiger partial charge >= 0.3 is 0 Å². The molecule has 0 amide bonds. The van der Waals surface area contributed by atoms with Gasteiger partial charge in [-0.2, -0.15) is 0 Å². The molecule has 0 fully saturated rings. The molecule has 0 unspecified atom stereocenters. The second-order valence-corrected chi connectivity index (χ2v) is 3.14. The zero-order chi connectivity index (χ0) is 9.56. The molecule has 2 heteroatoms. The van der Waals surface area contributed by atoms with Crippen molar-refractivity contribution in [3.63, 3.8) is 0 Å². The topological polar surface area (TPSA) is 12.4 Å². The number of hydrogen-bond acceptors (Lipinski definition) is 2. The quantitative estimate of drug-likeness (QED) is 0.388. The third-order valence-electron chi connectivity index (χ3n) is 1.43. The van der Waals surface area contributed by atoms with Gasteiger partial charge in [0.25, 0.3) is 0 Å². The zero-order valence-electron chi connectivity index (χ0n) is 7.62. The molecule has 0 atom stereocenters. The summed E-state index contributed by atoms with van der Waals surface area (Å²) in [4.78, 5) is 4.82. The molecular weight excluding hydrogens is 166 g/mol. The van der Waals surface area contributed by atoms with Crippen LogP contribution in [0.1, 0.15) is 13.8 Å². The van der Waals surface area contributed by atoms with Crippen LogP contribution in [-0.4, -0.2) is 6.21 Å². The molecule has 0 bridgehead atoms. The fourth-order valence-electron chi connectivity index (χ4n) is 0.762. The molecule has 0 N–H and O–H groups in total. The molecule has 1 nitrogen and oxygen atoms in total. The van der Waals surface area contributed by atoms with Gasteiger partial charge in [-0.25, -0.2) is 0 Å². The Balaban J connectivity index is 4.77. The van der Waals surface area contributed by atoms with E-state index in [2.05, 4.69) is 44.6 Å². The monoisotopic (exact) mass is 181 g/mol. The van der Waals surface area contributed by atoms with Gasteiger partial charge < -0.3 is 0 Å². The number of thiol groups is 1. The Labute approximate surface area is 80.0 Å². The molecule has 0 radical (unpaired) electrons. The first-order valence-electron chi connectivity index (χ1n) is 3.83. The van der Waals surface area contributed by atoms with Crippen molar-refractivity contribution in [2.75, 3.05) is 0 Å². The highest BCUT2D eigenvalue weighted by Crippen LogP contribution is 2.16. The lowest BCUT2D eigenvalue weighted by atomic mass is 10.0. The first kappa shape index (κ1) is 11.2. The highest BCUT2D eigenvalue weighted by molar-refractivity contribution is 7.84. The molecule has 0 saturated heterocycles. The summed E-state index contributed by atoms with van der Waals surface area (Å²) in [5, 5.41) is 0. The summed E-state index contributed by atoms with van der Waals surface area (Å²) in [6, 6.07) is 0. The average molecular weight is 181 g/mol. The largest absolute Gasteiger partial charge is 0.265 e. The van der Waals surface area contributed by atoms with Gasteiger partial charge in [0.05, 0.1) is 0 Å². The Morgan fingerprint density at radius 2 is 2.00 bits per heavy atom. The van der Waals surface area contributed by atoms with Crippen molar-refractivity contribution >= 4 is 18.8 Å². The van der Waals surface area contributed by atoms with E-state index in [0.717, 1.165) is 10.5 Å². The Bertz CT molecular complexity index is 224. The van der Waals surface area contributed by atoms with Crippen LogP contribution in [0.15, 0.2) is 40.9 Å². The van der Waals surface area contributed by atoms with Crippen LogP contribution < -0.4 is 0 Å². The van der Waals surface area contributed by atoms with Gasteiger partial charge in [0.2, 0.25) is 0 Å². The van der Waals surface area contributed by atoms with Crippen molar-refractivity contribution in [3.8, 4) is 0 Å². The number of rotatable bonds is 4. The molecule has 0 spiro atoms. The van der Waals surface area contributed by atoms with Gasteiger partial charge in [-0.05, 0) is 11.5 Å². The molecular formula is C10H15NS. The van der Waals surface area contributed by atoms with E-state index >= 15 is 0 Å². The second kappa shape index (κ2) is 5.84. The lowest BCUT2D eigenvalue weighted by Gasteiger charge is -2.06. The average Bonchev–Trinajstić information content (AvgIpc) is 2.04. The summed E-state index contributed by atoms with van der Waals surface area (Å²) in [6.45, 7) is 11.3. The van der Waals surface area contributed by atoms with E-state index in [0.29, 0.717) is 5.92 Å². The summed E-state index contributed by atoms with van der Waals surface area (Å²) < 4.78 is 0. The molecule has 0 aromatic carbocycles. The third kappa shape index (κ3) is 3.58. The van der Waals surface area contributed by atoms with Crippen LogP contribution in [0.4, 0.5) is 0 Å². The third-order valence-corrected chi connectivity index (χ3v) is 1.87. The van der Waals surface area contributed by atoms with Crippen LogP contribution in [0.2, 0.25) is 0 Å². The number of hydrogen-bond donors (Lipinski definition) is 1. The minimum atomic E-state index is 0.402. The van der Waals surface area contributed by atoms with Crippen LogP contribution >= 0.6 is 12.6 Å². The van der Waals surface area contributed by atoms with E-state index in [1.165, 1.54) is 6.20 Å². The van der Waals surface area contributed by atoms with Gasteiger partial charge in [0.1, 0.15) is 0 Å². The maximum atomic E-state index is 4.27. The Morgan fingerprint density at radius 1 is 1.42 bits per heavy atom. The van der Waals surface area contributed by atoms with E-state index in [4.69, 9.17) is 0 Å². The Hall–Kier alpha value is -0.760. The normalized spacial score (nSPS) is 13.3. The maximum absolute atomic E-state index is 4.27. The fraction of sp³-hybridized carbons (Fsp3) is 0.300. The fourth-order valence-corrected chi connectivity index (χ4v) is 1.08. The molecule has 0 aliphatic heterocycles. The maximum Gasteiger partial charge on any atom is 0.0313 e. The van der Waals surface area contributed by atoms with Gasteiger partial charge in [-0.15, -0.1) is 12.6 Å². The first-order chi connectivity index (χ1) is 5.63. The van der Waals surface area contributed by atoms with Crippen molar-refractivity contribution in [2.24, 2.45) is 10.9 Å². The first-order valence-corrected chi connectivity index (χ1v) is 4.27. The van der Waals surface area contributed by atoms with E-state index in [9.17, 15) is 0 Å². The molecule has 66 valence electrons. The number of allylic oxidation sites excluding steroid dienone is 2.